The van der Waals surface area contributed by atoms with Gasteiger partial charge in [0, 0.05) is 61.8 Å². The van der Waals surface area contributed by atoms with E-state index in [1.165, 1.54) is 16.9 Å². The molecule has 2 aromatic heterocycles. The average Bonchev–Trinajstić information content (AvgIpc) is 3.57. The number of likely N-dealkylation sites (tertiary alicyclic amines) is 1. The zero-order valence-corrected chi connectivity index (χ0v) is 23.0. The fourth-order valence-electron chi connectivity index (χ4n) is 6.12. The van der Waals surface area contributed by atoms with Gasteiger partial charge >= 0.3 is 0 Å². The van der Waals surface area contributed by atoms with Crippen LogP contribution in [-0.2, 0) is 4.79 Å². The first-order valence-electron chi connectivity index (χ1n) is 13.6. The summed E-state index contributed by atoms with van der Waals surface area (Å²) in [7, 11) is 0. The number of anilines is 1. The van der Waals surface area contributed by atoms with Crippen LogP contribution in [0.2, 0.25) is 0 Å². The topological polar surface area (TPSA) is 71.3 Å². The number of hydrogen-bond acceptors (Lipinski definition) is 5. The molecule has 0 N–H and O–H groups in total. The number of nitrogens with zero attached hydrogens (tertiary/aromatic N) is 5. The quantitative estimate of drug-likeness (QED) is 0.235. The van der Waals surface area contributed by atoms with Crippen molar-refractivity contribution in [1.82, 2.24) is 19.7 Å². The van der Waals surface area contributed by atoms with Gasteiger partial charge in [-0.2, -0.15) is 5.10 Å². The molecule has 1 spiro atoms. The Kier molecular flexibility index (Phi) is 6.83. The van der Waals surface area contributed by atoms with Crippen LogP contribution < -0.4 is 4.90 Å². The predicted molar refractivity (Wildman–Crippen MR) is 147 cm³/mol. The molecule has 2 aliphatic rings. The van der Waals surface area contributed by atoms with Crippen molar-refractivity contribution in [3.8, 4) is 16.9 Å². The van der Waals surface area contributed by atoms with E-state index in [2.05, 4.69) is 10.1 Å². The maximum Gasteiger partial charge on any atom is 0.274 e. The molecule has 2 aromatic carbocycles. The second-order valence-electron chi connectivity index (χ2n) is 10.8. The van der Waals surface area contributed by atoms with Crippen molar-refractivity contribution in [2.45, 2.75) is 38.6 Å². The fourth-order valence-corrected chi connectivity index (χ4v) is 6.12. The van der Waals surface area contributed by atoms with Gasteiger partial charge in [0.05, 0.1) is 11.4 Å². The minimum Gasteiger partial charge on any atom is -0.358 e. The predicted octanol–water partition coefficient (Wildman–Crippen LogP) is 5.56. The molecule has 4 heterocycles. The summed E-state index contributed by atoms with van der Waals surface area (Å²) >= 11 is 0. The third-order valence-corrected chi connectivity index (χ3v) is 8.31. The number of pyridine rings is 1. The van der Waals surface area contributed by atoms with E-state index in [-0.39, 0.29) is 36.1 Å². The Bertz CT molecular complexity index is 1670. The Morgan fingerprint density at radius 1 is 0.881 bits per heavy atom. The van der Waals surface area contributed by atoms with Crippen molar-refractivity contribution in [3.63, 3.8) is 0 Å². The number of hydrogen-bond donors (Lipinski definition) is 0. The van der Waals surface area contributed by atoms with Crippen LogP contribution in [0.3, 0.4) is 0 Å². The van der Waals surface area contributed by atoms with Gasteiger partial charge in [0.2, 0.25) is 0 Å². The van der Waals surface area contributed by atoms with E-state index in [0.29, 0.717) is 48.2 Å². The first kappa shape index (κ1) is 27.6. The maximum atomic E-state index is 14.3. The third kappa shape index (κ3) is 4.53. The third-order valence-electron chi connectivity index (χ3n) is 8.31. The van der Waals surface area contributed by atoms with Crippen molar-refractivity contribution >= 4 is 17.4 Å². The summed E-state index contributed by atoms with van der Waals surface area (Å²) in [5.41, 5.74) is 1.80. The molecule has 1 amide bonds. The summed E-state index contributed by atoms with van der Waals surface area (Å²) in [6.45, 7) is 4.46. The van der Waals surface area contributed by atoms with E-state index in [1.807, 2.05) is 4.90 Å². The van der Waals surface area contributed by atoms with E-state index >= 15 is 0 Å². The Hall–Kier alpha value is -4.54. The highest BCUT2D eigenvalue weighted by Gasteiger charge is 2.50. The first-order valence-corrected chi connectivity index (χ1v) is 13.6. The summed E-state index contributed by atoms with van der Waals surface area (Å²) < 4.78 is 57.4. The number of ketones is 1. The molecule has 2 aliphatic heterocycles. The van der Waals surface area contributed by atoms with Crippen molar-refractivity contribution < 1.29 is 27.2 Å². The molecule has 0 aliphatic carbocycles. The number of carbonyl (C=O) groups excluding carboxylic acids is 2. The van der Waals surface area contributed by atoms with E-state index in [1.54, 1.807) is 49.2 Å². The molecule has 216 valence electrons. The standard InChI is InChI=1S/C31H27F4N5O2/c1-18-12-21(13-19(2)28(18)34)39-9-5-27(41)31(39)6-10-38(11-7-31)30(42)25-16-26(20-4-3-8-36-17-20)40(37-25)22-14-23(32)29(35)24(33)15-22/h3-4,8,12-17H,5-7,9-11H2,1-2H3. The molecule has 0 radical (unpaired) electrons. The highest BCUT2D eigenvalue weighted by molar-refractivity contribution is 5.97. The Morgan fingerprint density at radius 3 is 2.17 bits per heavy atom. The Morgan fingerprint density at radius 2 is 1.55 bits per heavy atom. The van der Waals surface area contributed by atoms with Gasteiger partial charge in [-0.25, -0.2) is 22.2 Å². The molecule has 7 nitrogen and oxygen atoms in total. The molecule has 0 unspecified atom stereocenters. The van der Waals surface area contributed by atoms with Crippen LogP contribution in [0, 0.1) is 37.1 Å². The van der Waals surface area contributed by atoms with Gasteiger partial charge in [-0.05, 0) is 68.1 Å². The van der Waals surface area contributed by atoms with Gasteiger partial charge < -0.3 is 9.80 Å². The molecule has 11 heteroatoms. The SMILES string of the molecule is Cc1cc(N2CCC(=O)C23CCN(C(=O)c2cc(-c4cccnc4)n(-c4cc(F)c(F)c(F)c4)n2)CC3)cc(C)c1F. The number of aryl methyl sites for hydroxylation is 2. The molecule has 0 saturated carbocycles. The average molecular weight is 578 g/mol. The summed E-state index contributed by atoms with van der Waals surface area (Å²) in [4.78, 5) is 34.6. The zero-order chi connectivity index (χ0) is 29.8. The van der Waals surface area contributed by atoms with Crippen LogP contribution >= 0.6 is 0 Å². The number of carbonyl (C=O) groups is 2. The summed E-state index contributed by atoms with van der Waals surface area (Å²) in [6.07, 6.45) is 4.21. The monoisotopic (exact) mass is 577 g/mol. The lowest BCUT2D eigenvalue weighted by Gasteiger charge is -2.44. The molecular formula is C31H27F4N5O2. The number of amides is 1. The molecule has 2 fully saturated rings. The lowest BCUT2D eigenvalue weighted by atomic mass is 9.83. The molecule has 6 rings (SSSR count). The molecule has 0 bridgehead atoms. The van der Waals surface area contributed by atoms with Gasteiger partial charge in [-0.1, -0.05) is 0 Å². The summed E-state index contributed by atoms with van der Waals surface area (Å²) in [6, 6.07) is 10.0. The van der Waals surface area contributed by atoms with Crippen LogP contribution in [0.15, 0.2) is 54.9 Å². The van der Waals surface area contributed by atoms with Crippen LogP contribution in [0.4, 0.5) is 23.2 Å². The van der Waals surface area contributed by atoms with Crippen LogP contribution in [-0.4, -0.2) is 56.5 Å². The molecular weight excluding hydrogens is 550 g/mol. The highest BCUT2D eigenvalue weighted by Crippen LogP contribution is 2.40. The van der Waals surface area contributed by atoms with Crippen LogP contribution in [0.1, 0.15) is 40.9 Å². The second-order valence-corrected chi connectivity index (χ2v) is 10.8. The minimum absolute atomic E-state index is 0.0225. The van der Waals surface area contributed by atoms with Gasteiger partial charge in [-0.15, -0.1) is 0 Å². The maximum absolute atomic E-state index is 14.3. The van der Waals surface area contributed by atoms with Crippen LogP contribution in [0.5, 0.6) is 0 Å². The van der Waals surface area contributed by atoms with Gasteiger partial charge in [0.25, 0.3) is 5.91 Å². The highest BCUT2D eigenvalue weighted by atomic mass is 19.2. The summed E-state index contributed by atoms with van der Waals surface area (Å²) in [5.74, 6) is -4.96. The minimum atomic E-state index is -1.60. The van der Waals surface area contributed by atoms with E-state index in [9.17, 15) is 27.2 Å². The zero-order valence-electron chi connectivity index (χ0n) is 23.0. The molecule has 42 heavy (non-hydrogen) atoms. The summed E-state index contributed by atoms with van der Waals surface area (Å²) in [5, 5.41) is 4.37. The number of halogens is 4. The van der Waals surface area contributed by atoms with E-state index in [0.717, 1.165) is 17.8 Å². The second kappa shape index (κ2) is 10.4. The van der Waals surface area contributed by atoms with Crippen molar-refractivity contribution in [2.75, 3.05) is 24.5 Å². The molecule has 4 aromatic rings. The normalized spacial score (nSPS) is 16.5. The number of benzene rings is 2. The number of piperidine rings is 1. The number of aromatic nitrogens is 3. The largest absolute Gasteiger partial charge is 0.358 e. The van der Waals surface area contributed by atoms with Gasteiger partial charge in [0.1, 0.15) is 11.4 Å². The lowest BCUT2D eigenvalue weighted by Crippen LogP contribution is -2.57. The smallest absolute Gasteiger partial charge is 0.274 e. The Balaban J connectivity index is 1.29. The van der Waals surface area contributed by atoms with Crippen molar-refractivity contribution in [1.29, 1.82) is 0 Å². The van der Waals surface area contributed by atoms with Crippen molar-refractivity contribution in [2.24, 2.45) is 0 Å². The number of rotatable bonds is 4. The van der Waals surface area contributed by atoms with Gasteiger partial charge in [-0.3, -0.25) is 14.6 Å². The molecule has 2 saturated heterocycles. The Labute approximate surface area is 239 Å². The van der Waals surface area contributed by atoms with Gasteiger partial charge in [0.15, 0.2) is 28.9 Å². The molecule has 0 atom stereocenters. The first-order chi connectivity index (χ1) is 20.1. The van der Waals surface area contributed by atoms with E-state index < -0.39 is 28.9 Å². The fraction of sp³-hybridized carbons (Fsp3) is 0.290. The lowest BCUT2D eigenvalue weighted by molar-refractivity contribution is -0.123. The van der Waals surface area contributed by atoms with Crippen LogP contribution in [0.25, 0.3) is 16.9 Å². The van der Waals surface area contributed by atoms with E-state index in [4.69, 9.17) is 0 Å². The number of Topliss-reactive ketones (excluding diaryl/α,β-unsaturated/α-hetero) is 1. The van der Waals surface area contributed by atoms with Crippen molar-refractivity contribution in [3.05, 3.63) is 94.9 Å².